The Kier molecular flexibility index (Phi) is 5.97. The van der Waals surface area contributed by atoms with Gasteiger partial charge < -0.3 is 14.8 Å². The summed E-state index contributed by atoms with van der Waals surface area (Å²) in [5.74, 6) is 0.141. The predicted molar refractivity (Wildman–Crippen MR) is 118 cm³/mol. The summed E-state index contributed by atoms with van der Waals surface area (Å²) in [6, 6.07) is 17.2. The summed E-state index contributed by atoms with van der Waals surface area (Å²) in [6.45, 7) is 3.42. The van der Waals surface area contributed by atoms with Crippen LogP contribution in [0.15, 0.2) is 64.2 Å². The minimum absolute atomic E-state index is 0.141. The number of fused-ring (bicyclic) bond motifs is 1. The highest BCUT2D eigenvalue weighted by Gasteiger charge is 2.20. The molecule has 30 heavy (non-hydrogen) atoms. The number of para-hydroxylation sites is 2. The van der Waals surface area contributed by atoms with E-state index < -0.39 is 5.69 Å². The summed E-state index contributed by atoms with van der Waals surface area (Å²) in [5.41, 5.74) is 1.06. The van der Waals surface area contributed by atoms with Gasteiger partial charge in [-0.15, -0.1) is 0 Å². The number of amides is 1. The summed E-state index contributed by atoms with van der Waals surface area (Å²) in [7, 11) is 0. The van der Waals surface area contributed by atoms with Crippen LogP contribution in [0.2, 0.25) is 0 Å². The van der Waals surface area contributed by atoms with Crippen molar-refractivity contribution >= 4 is 22.5 Å². The largest absolute Gasteiger partial charge is 0.368 e. The minimum Gasteiger partial charge on any atom is -0.368 e. The lowest BCUT2D eigenvalue weighted by Gasteiger charge is -2.36. The molecule has 0 spiro atoms. The lowest BCUT2D eigenvalue weighted by molar-refractivity contribution is -0.131. The van der Waals surface area contributed by atoms with E-state index in [2.05, 4.69) is 22.0 Å². The number of aromatic nitrogens is 2. The van der Waals surface area contributed by atoms with E-state index in [0.29, 0.717) is 36.7 Å². The van der Waals surface area contributed by atoms with Crippen LogP contribution in [-0.2, 0) is 11.3 Å². The molecule has 0 unspecified atom stereocenters. The fourth-order valence-corrected chi connectivity index (χ4v) is 3.96. The molecule has 7 nitrogen and oxygen atoms in total. The Balaban J connectivity index is 1.26. The van der Waals surface area contributed by atoms with E-state index in [1.807, 2.05) is 23.1 Å². The number of aromatic amines is 1. The van der Waals surface area contributed by atoms with Gasteiger partial charge in [0.15, 0.2) is 0 Å². The number of H-pyrrole nitrogens is 1. The number of hydrogen-bond donors (Lipinski definition) is 1. The van der Waals surface area contributed by atoms with Crippen molar-refractivity contribution in [1.82, 2.24) is 14.5 Å². The van der Waals surface area contributed by atoms with Gasteiger partial charge in [0.25, 0.3) is 5.56 Å². The molecule has 1 amide bonds. The van der Waals surface area contributed by atoms with E-state index in [4.69, 9.17) is 0 Å². The smallest absolute Gasteiger partial charge is 0.328 e. The second-order valence-corrected chi connectivity index (χ2v) is 7.59. The van der Waals surface area contributed by atoms with Crippen LogP contribution in [0.25, 0.3) is 10.9 Å². The summed E-state index contributed by atoms with van der Waals surface area (Å²) in [5, 5.41) is 0.504. The van der Waals surface area contributed by atoms with Crippen LogP contribution >= 0.6 is 0 Å². The van der Waals surface area contributed by atoms with Crippen LogP contribution in [-0.4, -0.2) is 46.5 Å². The van der Waals surface area contributed by atoms with Crippen LogP contribution in [0.1, 0.15) is 19.3 Å². The molecule has 0 bridgehead atoms. The number of rotatable bonds is 6. The van der Waals surface area contributed by atoms with Gasteiger partial charge in [0, 0.05) is 44.8 Å². The summed E-state index contributed by atoms with van der Waals surface area (Å²) >= 11 is 0. The fourth-order valence-electron chi connectivity index (χ4n) is 3.96. The van der Waals surface area contributed by atoms with E-state index >= 15 is 0 Å². The van der Waals surface area contributed by atoms with Gasteiger partial charge >= 0.3 is 5.69 Å². The van der Waals surface area contributed by atoms with Crippen molar-refractivity contribution in [2.45, 2.75) is 25.8 Å². The van der Waals surface area contributed by atoms with Crippen LogP contribution in [0.5, 0.6) is 0 Å². The van der Waals surface area contributed by atoms with Gasteiger partial charge in [-0.3, -0.25) is 14.2 Å². The highest BCUT2D eigenvalue weighted by molar-refractivity contribution is 5.77. The van der Waals surface area contributed by atoms with Crippen molar-refractivity contribution < 1.29 is 4.79 Å². The SMILES string of the molecule is O=C(CCCCn1c(=O)[nH]c2ccccc2c1=O)N1CCN(c2ccccc2)CC1. The normalized spacial score (nSPS) is 14.3. The van der Waals surface area contributed by atoms with Gasteiger partial charge in [0.1, 0.15) is 0 Å². The molecule has 2 heterocycles. The van der Waals surface area contributed by atoms with Gasteiger partial charge in [-0.25, -0.2) is 4.79 Å². The Morgan fingerprint density at radius 1 is 0.867 bits per heavy atom. The Bertz CT molecular complexity index is 1130. The molecule has 0 radical (unpaired) electrons. The first-order valence-corrected chi connectivity index (χ1v) is 10.4. The van der Waals surface area contributed by atoms with Crippen molar-refractivity contribution in [3.63, 3.8) is 0 Å². The number of carbonyl (C=O) groups excluding carboxylic acids is 1. The molecule has 1 saturated heterocycles. The Morgan fingerprint density at radius 2 is 1.57 bits per heavy atom. The van der Waals surface area contributed by atoms with Crippen molar-refractivity contribution in [3.05, 3.63) is 75.4 Å². The monoisotopic (exact) mass is 406 g/mol. The van der Waals surface area contributed by atoms with E-state index in [-0.39, 0.29) is 11.5 Å². The zero-order valence-electron chi connectivity index (χ0n) is 16.9. The van der Waals surface area contributed by atoms with Gasteiger partial charge in [-0.05, 0) is 37.1 Å². The number of anilines is 1. The molecule has 156 valence electrons. The number of hydrogen-bond acceptors (Lipinski definition) is 4. The zero-order chi connectivity index (χ0) is 20.9. The first-order valence-electron chi connectivity index (χ1n) is 10.4. The van der Waals surface area contributed by atoms with Gasteiger partial charge in [0.05, 0.1) is 10.9 Å². The van der Waals surface area contributed by atoms with Gasteiger partial charge in [0.2, 0.25) is 5.91 Å². The molecule has 3 aromatic rings. The average molecular weight is 406 g/mol. The standard InChI is InChI=1S/C23H26N4O3/c28-21(26-16-14-25(15-17-26)18-8-2-1-3-9-18)12-6-7-13-27-22(29)19-10-4-5-11-20(19)24-23(27)30/h1-5,8-11H,6-7,12-17H2,(H,24,30). The fraction of sp³-hybridized carbons (Fsp3) is 0.348. The van der Waals surface area contributed by atoms with Crippen molar-refractivity contribution in [3.8, 4) is 0 Å². The molecule has 1 N–H and O–H groups in total. The molecule has 1 aliphatic rings. The summed E-state index contributed by atoms with van der Waals surface area (Å²) in [6.07, 6.45) is 1.69. The molecule has 0 aliphatic carbocycles. The van der Waals surface area contributed by atoms with Gasteiger partial charge in [-0.1, -0.05) is 30.3 Å². The number of nitrogens with one attached hydrogen (secondary N) is 1. The highest BCUT2D eigenvalue weighted by atomic mass is 16.2. The molecule has 1 aliphatic heterocycles. The summed E-state index contributed by atoms with van der Waals surface area (Å²) < 4.78 is 1.23. The lowest BCUT2D eigenvalue weighted by Crippen LogP contribution is -2.48. The second kappa shape index (κ2) is 8.98. The number of nitrogens with zero attached hydrogens (tertiary/aromatic N) is 3. The number of piperazine rings is 1. The topological polar surface area (TPSA) is 78.4 Å². The number of unbranched alkanes of at least 4 members (excludes halogenated alkanes) is 1. The third-order valence-corrected chi connectivity index (χ3v) is 5.67. The van der Waals surface area contributed by atoms with Crippen LogP contribution in [0, 0.1) is 0 Å². The van der Waals surface area contributed by atoms with E-state index in [9.17, 15) is 14.4 Å². The molecular weight excluding hydrogens is 380 g/mol. The van der Waals surface area contributed by atoms with Crippen molar-refractivity contribution in [1.29, 1.82) is 0 Å². The number of carbonyl (C=O) groups is 1. The van der Waals surface area contributed by atoms with Crippen LogP contribution < -0.4 is 16.1 Å². The second-order valence-electron chi connectivity index (χ2n) is 7.59. The lowest BCUT2D eigenvalue weighted by atomic mass is 10.2. The third kappa shape index (κ3) is 4.30. The van der Waals surface area contributed by atoms with Crippen LogP contribution in [0.4, 0.5) is 5.69 Å². The first kappa shape index (κ1) is 19.9. The van der Waals surface area contributed by atoms with Gasteiger partial charge in [-0.2, -0.15) is 0 Å². The molecule has 7 heteroatoms. The molecule has 4 rings (SSSR count). The molecule has 2 aromatic carbocycles. The Morgan fingerprint density at radius 3 is 2.33 bits per heavy atom. The van der Waals surface area contributed by atoms with E-state index in [1.165, 1.54) is 10.3 Å². The molecular formula is C23H26N4O3. The van der Waals surface area contributed by atoms with E-state index in [1.54, 1.807) is 24.3 Å². The minimum atomic E-state index is -0.401. The first-order chi connectivity index (χ1) is 14.6. The molecule has 0 saturated carbocycles. The highest BCUT2D eigenvalue weighted by Crippen LogP contribution is 2.16. The Labute approximate surface area is 174 Å². The van der Waals surface area contributed by atoms with Crippen molar-refractivity contribution in [2.75, 3.05) is 31.1 Å². The number of benzene rings is 2. The quantitative estimate of drug-likeness (QED) is 0.637. The van der Waals surface area contributed by atoms with E-state index in [0.717, 1.165) is 26.2 Å². The maximum absolute atomic E-state index is 12.5. The zero-order valence-corrected chi connectivity index (χ0v) is 16.9. The maximum Gasteiger partial charge on any atom is 0.328 e. The van der Waals surface area contributed by atoms with Crippen LogP contribution in [0.3, 0.4) is 0 Å². The molecule has 0 atom stereocenters. The Hall–Kier alpha value is -3.35. The molecule has 1 aromatic heterocycles. The molecule has 1 fully saturated rings. The third-order valence-electron chi connectivity index (χ3n) is 5.67. The van der Waals surface area contributed by atoms with Crippen molar-refractivity contribution in [2.24, 2.45) is 0 Å². The summed E-state index contributed by atoms with van der Waals surface area (Å²) in [4.78, 5) is 44.2. The predicted octanol–water partition coefficient (Wildman–Crippen LogP) is 2.21. The average Bonchev–Trinajstić information content (AvgIpc) is 2.79. The maximum atomic E-state index is 12.5.